The van der Waals surface area contributed by atoms with Crippen LogP contribution in [0, 0.1) is 0 Å². The summed E-state index contributed by atoms with van der Waals surface area (Å²) >= 11 is 0. The molecule has 2 atom stereocenters. The molecule has 1 aromatic heterocycles. The second-order valence-corrected chi connectivity index (χ2v) is 5.74. The number of β-amino-alcohol motifs (C(OH)–C–C–N with tert-alkyl or cyclic N) is 1. The Balaban J connectivity index is 2.02. The smallest absolute Gasteiger partial charge is 0.391 e. The summed E-state index contributed by atoms with van der Waals surface area (Å²) in [5, 5.41) is 9.95. The van der Waals surface area contributed by atoms with Crippen molar-refractivity contribution in [2.75, 3.05) is 12.3 Å². The number of rotatable bonds is 2. The number of nitrogens with zero attached hydrogens (tertiary/aromatic N) is 3. The molecule has 0 unspecified atom stereocenters. The van der Waals surface area contributed by atoms with Crippen molar-refractivity contribution >= 4 is 11.7 Å². The SMILES string of the molecule is Nc1nccnc1C(=O)N1C[C@@H](O)C[C@@H]1c1ccccc1C(F)(F)F. The van der Waals surface area contributed by atoms with Crippen LogP contribution in [0.5, 0.6) is 0 Å². The number of hydrogen-bond acceptors (Lipinski definition) is 5. The number of hydrogen-bond donors (Lipinski definition) is 2. The lowest BCUT2D eigenvalue weighted by atomic mass is 9.97. The second kappa shape index (κ2) is 6.32. The van der Waals surface area contributed by atoms with Crippen LogP contribution in [-0.4, -0.2) is 38.5 Å². The van der Waals surface area contributed by atoms with Crippen molar-refractivity contribution in [3.8, 4) is 0 Å². The number of aromatic nitrogens is 2. The van der Waals surface area contributed by atoms with Gasteiger partial charge in [0, 0.05) is 18.9 Å². The molecular weight excluding hydrogens is 337 g/mol. The van der Waals surface area contributed by atoms with Gasteiger partial charge in [-0.25, -0.2) is 9.97 Å². The third-order valence-electron chi connectivity index (χ3n) is 4.09. The maximum atomic E-state index is 13.3. The molecule has 1 aliphatic heterocycles. The Morgan fingerprint density at radius 1 is 1.24 bits per heavy atom. The third kappa shape index (κ3) is 3.27. The van der Waals surface area contributed by atoms with E-state index in [1.165, 1.54) is 30.6 Å². The van der Waals surface area contributed by atoms with Crippen LogP contribution in [0.3, 0.4) is 0 Å². The molecule has 3 rings (SSSR count). The summed E-state index contributed by atoms with van der Waals surface area (Å²) in [6, 6.07) is 4.09. The van der Waals surface area contributed by atoms with Gasteiger partial charge in [0.05, 0.1) is 17.7 Å². The van der Waals surface area contributed by atoms with E-state index in [9.17, 15) is 23.1 Å². The molecule has 1 aromatic carbocycles. The first-order valence-electron chi connectivity index (χ1n) is 7.50. The van der Waals surface area contributed by atoms with Crippen molar-refractivity contribution in [3.05, 3.63) is 53.5 Å². The van der Waals surface area contributed by atoms with Crippen LogP contribution in [0.15, 0.2) is 36.7 Å². The quantitative estimate of drug-likeness (QED) is 0.863. The van der Waals surface area contributed by atoms with E-state index in [0.717, 1.165) is 11.0 Å². The average molecular weight is 352 g/mol. The fourth-order valence-electron chi connectivity index (χ4n) is 3.03. The Morgan fingerprint density at radius 3 is 2.60 bits per heavy atom. The number of amides is 1. The van der Waals surface area contributed by atoms with Gasteiger partial charge in [-0.2, -0.15) is 13.2 Å². The summed E-state index contributed by atoms with van der Waals surface area (Å²) < 4.78 is 39.9. The van der Waals surface area contributed by atoms with Gasteiger partial charge < -0.3 is 15.7 Å². The normalized spacial score (nSPS) is 20.7. The van der Waals surface area contributed by atoms with Crippen molar-refractivity contribution < 1.29 is 23.1 Å². The number of anilines is 1. The number of carbonyl (C=O) groups is 1. The zero-order chi connectivity index (χ0) is 18.2. The number of aliphatic hydroxyl groups is 1. The van der Waals surface area contributed by atoms with Gasteiger partial charge in [-0.15, -0.1) is 0 Å². The zero-order valence-corrected chi connectivity index (χ0v) is 12.9. The molecular formula is C16H15F3N4O2. The van der Waals surface area contributed by atoms with E-state index in [1.807, 2.05) is 0 Å². The Kier molecular flexibility index (Phi) is 4.34. The minimum atomic E-state index is -4.57. The fourth-order valence-corrected chi connectivity index (χ4v) is 3.03. The lowest BCUT2D eigenvalue weighted by Gasteiger charge is -2.27. The Hall–Kier alpha value is -2.68. The molecule has 0 saturated carbocycles. The minimum absolute atomic E-state index is 0.000992. The fraction of sp³-hybridized carbons (Fsp3) is 0.312. The van der Waals surface area contributed by atoms with Gasteiger partial charge in [0.15, 0.2) is 11.5 Å². The summed E-state index contributed by atoms with van der Waals surface area (Å²) in [7, 11) is 0. The lowest BCUT2D eigenvalue weighted by Crippen LogP contribution is -2.33. The Bertz CT molecular complexity index is 797. The number of halogens is 3. The minimum Gasteiger partial charge on any atom is -0.391 e. The molecule has 0 radical (unpaired) electrons. The van der Waals surface area contributed by atoms with Crippen LogP contribution in [0.25, 0.3) is 0 Å². The zero-order valence-electron chi connectivity index (χ0n) is 12.9. The van der Waals surface area contributed by atoms with Crippen LogP contribution in [0.2, 0.25) is 0 Å². The first-order valence-corrected chi connectivity index (χ1v) is 7.50. The molecule has 2 heterocycles. The molecule has 132 valence electrons. The first-order chi connectivity index (χ1) is 11.8. The van der Waals surface area contributed by atoms with Crippen LogP contribution in [0.4, 0.5) is 19.0 Å². The maximum absolute atomic E-state index is 13.3. The third-order valence-corrected chi connectivity index (χ3v) is 4.09. The van der Waals surface area contributed by atoms with Gasteiger partial charge in [0.2, 0.25) is 0 Å². The Labute approximate surface area is 141 Å². The molecule has 0 spiro atoms. The van der Waals surface area contributed by atoms with E-state index >= 15 is 0 Å². The van der Waals surface area contributed by atoms with Gasteiger partial charge in [0.1, 0.15) is 0 Å². The molecule has 25 heavy (non-hydrogen) atoms. The summed E-state index contributed by atoms with van der Waals surface area (Å²) in [6.45, 7) is -0.105. The number of aliphatic hydroxyl groups excluding tert-OH is 1. The van der Waals surface area contributed by atoms with Crippen LogP contribution < -0.4 is 5.73 Å². The standard InChI is InChI=1S/C16H15F3N4O2/c17-16(18,19)11-4-2-1-3-10(11)12-7-9(24)8-23(12)15(25)13-14(20)22-6-5-21-13/h1-6,9,12,24H,7-8H2,(H2,20,22)/t9-,12+/m0/s1. The molecule has 3 N–H and O–H groups in total. The number of alkyl halides is 3. The predicted octanol–water partition coefficient (Wildman–Crippen LogP) is 2.03. The van der Waals surface area contributed by atoms with E-state index in [0.29, 0.717) is 0 Å². The number of nitrogens with two attached hydrogens (primary N) is 1. The lowest BCUT2D eigenvalue weighted by molar-refractivity contribution is -0.138. The summed E-state index contributed by atoms with van der Waals surface area (Å²) in [4.78, 5) is 21.5. The maximum Gasteiger partial charge on any atom is 0.416 e. The van der Waals surface area contributed by atoms with Crippen molar-refractivity contribution in [3.63, 3.8) is 0 Å². The monoisotopic (exact) mass is 352 g/mol. The highest BCUT2D eigenvalue weighted by Gasteiger charge is 2.42. The van der Waals surface area contributed by atoms with E-state index in [4.69, 9.17) is 5.73 Å². The Morgan fingerprint density at radius 2 is 1.92 bits per heavy atom. The molecule has 9 heteroatoms. The highest BCUT2D eigenvalue weighted by molar-refractivity contribution is 5.96. The molecule has 2 aromatic rings. The average Bonchev–Trinajstić information content (AvgIpc) is 2.96. The van der Waals surface area contributed by atoms with Gasteiger partial charge >= 0.3 is 6.18 Å². The van der Waals surface area contributed by atoms with Gasteiger partial charge in [0.25, 0.3) is 5.91 Å². The van der Waals surface area contributed by atoms with Crippen LogP contribution in [-0.2, 0) is 6.18 Å². The van der Waals surface area contributed by atoms with Crippen molar-refractivity contribution in [2.45, 2.75) is 24.7 Å². The number of nitrogen functional groups attached to an aromatic ring is 1. The number of benzene rings is 1. The number of likely N-dealkylation sites (tertiary alicyclic amines) is 1. The van der Waals surface area contributed by atoms with E-state index in [1.54, 1.807) is 0 Å². The molecule has 0 bridgehead atoms. The summed E-state index contributed by atoms with van der Waals surface area (Å²) in [6.07, 6.45) is -2.92. The van der Waals surface area contributed by atoms with Crippen LogP contribution >= 0.6 is 0 Å². The number of carbonyl (C=O) groups excluding carboxylic acids is 1. The van der Waals surface area contributed by atoms with Gasteiger partial charge in [-0.3, -0.25) is 4.79 Å². The summed E-state index contributed by atoms with van der Waals surface area (Å²) in [5.41, 5.74) is 4.59. The van der Waals surface area contributed by atoms with E-state index in [2.05, 4.69) is 9.97 Å². The molecule has 1 aliphatic rings. The highest BCUT2D eigenvalue weighted by Crippen LogP contribution is 2.40. The van der Waals surface area contributed by atoms with E-state index in [-0.39, 0.29) is 30.0 Å². The molecule has 0 aliphatic carbocycles. The largest absolute Gasteiger partial charge is 0.416 e. The first kappa shape index (κ1) is 17.2. The van der Waals surface area contributed by atoms with Crippen molar-refractivity contribution in [1.29, 1.82) is 0 Å². The van der Waals surface area contributed by atoms with E-state index < -0.39 is 29.8 Å². The molecule has 6 nitrogen and oxygen atoms in total. The molecule has 1 fully saturated rings. The van der Waals surface area contributed by atoms with Crippen molar-refractivity contribution in [1.82, 2.24) is 14.9 Å². The second-order valence-electron chi connectivity index (χ2n) is 5.74. The summed E-state index contributed by atoms with van der Waals surface area (Å²) in [5.74, 6) is -0.777. The van der Waals surface area contributed by atoms with Crippen LogP contribution in [0.1, 0.15) is 34.1 Å². The predicted molar refractivity (Wildman–Crippen MR) is 82.3 cm³/mol. The van der Waals surface area contributed by atoms with Crippen molar-refractivity contribution in [2.24, 2.45) is 0 Å². The van der Waals surface area contributed by atoms with Gasteiger partial charge in [-0.05, 0) is 18.1 Å². The molecule has 1 saturated heterocycles. The molecule has 1 amide bonds. The topological polar surface area (TPSA) is 92.3 Å². The highest BCUT2D eigenvalue weighted by atomic mass is 19.4. The van der Waals surface area contributed by atoms with Gasteiger partial charge in [-0.1, -0.05) is 18.2 Å².